The molecule has 0 radical (unpaired) electrons. The van der Waals surface area contributed by atoms with Crippen molar-refractivity contribution >= 4 is 0 Å². The standard InChI is InChI=1S/C22H48N2/c1-2-3-4-5-6-7-9-12-15-18-21-24-22-19-16-13-10-8-11-14-17-20-23/h24H,2-23H2,1H3. The molecule has 0 fully saturated rings. The quantitative estimate of drug-likeness (QED) is 0.232. The first kappa shape index (κ1) is 23.9. The highest BCUT2D eigenvalue weighted by Gasteiger charge is 1.94. The van der Waals surface area contributed by atoms with Gasteiger partial charge in [-0.3, -0.25) is 0 Å². The van der Waals surface area contributed by atoms with Crippen LogP contribution in [0.2, 0.25) is 0 Å². The zero-order chi connectivity index (χ0) is 17.6. The van der Waals surface area contributed by atoms with Crippen LogP contribution in [0, 0.1) is 0 Å². The van der Waals surface area contributed by atoms with E-state index >= 15 is 0 Å². The molecule has 2 nitrogen and oxygen atoms in total. The smallest absolute Gasteiger partial charge is 0.00489 e. The second kappa shape index (κ2) is 22.9. The average molecular weight is 341 g/mol. The van der Waals surface area contributed by atoms with E-state index in [9.17, 15) is 0 Å². The molecule has 0 saturated carbocycles. The molecule has 0 aromatic rings. The van der Waals surface area contributed by atoms with Crippen LogP contribution in [0.4, 0.5) is 0 Å². The normalized spacial score (nSPS) is 11.2. The van der Waals surface area contributed by atoms with Gasteiger partial charge < -0.3 is 11.1 Å². The van der Waals surface area contributed by atoms with E-state index in [4.69, 9.17) is 5.73 Å². The second-order valence-corrected chi connectivity index (χ2v) is 7.55. The number of hydrogen-bond donors (Lipinski definition) is 2. The number of rotatable bonds is 21. The van der Waals surface area contributed by atoms with Crippen molar-refractivity contribution in [2.75, 3.05) is 19.6 Å². The highest BCUT2D eigenvalue weighted by Crippen LogP contribution is 2.10. The Hall–Kier alpha value is -0.0800. The van der Waals surface area contributed by atoms with Gasteiger partial charge in [-0.2, -0.15) is 0 Å². The van der Waals surface area contributed by atoms with Crippen molar-refractivity contribution in [3.8, 4) is 0 Å². The number of hydrogen-bond acceptors (Lipinski definition) is 2. The van der Waals surface area contributed by atoms with Crippen molar-refractivity contribution in [1.29, 1.82) is 0 Å². The SMILES string of the molecule is CCCCCCCCCCCCNCCCCCCCCCCN. The Bertz CT molecular complexity index is 184. The van der Waals surface area contributed by atoms with Crippen molar-refractivity contribution in [1.82, 2.24) is 5.32 Å². The van der Waals surface area contributed by atoms with Crippen molar-refractivity contribution in [2.45, 2.75) is 122 Å². The number of unbranched alkanes of at least 4 members (excludes halogenated alkanes) is 16. The second-order valence-electron chi connectivity index (χ2n) is 7.55. The van der Waals surface area contributed by atoms with Gasteiger partial charge in [0.2, 0.25) is 0 Å². The van der Waals surface area contributed by atoms with Crippen molar-refractivity contribution in [3.05, 3.63) is 0 Å². The highest BCUT2D eigenvalue weighted by molar-refractivity contribution is 4.52. The lowest BCUT2D eigenvalue weighted by Crippen LogP contribution is -2.16. The molecule has 0 heterocycles. The molecule has 0 unspecified atom stereocenters. The minimum Gasteiger partial charge on any atom is -0.330 e. The van der Waals surface area contributed by atoms with Gasteiger partial charge in [0.25, 0.3) is 0 Å². The molecule has 0 aliphatic rings. The molecule has 0 aromatic carbocycles. The Labute approximate surface area is 153 Å². The molecule has 0 rings (SSSR count). The Kier molecular flexibility index (Phi) is 22.8. The summed E-state index contributed by atoms with van der Waals surface area (Å²) in [5.41, 5.74) is 5.50. The van der Waals surface area contributed by atoms with Crippen molar-refractivity contribution in [2.24, 2.45) is 5.73 Å². The lowest BCUT2D eigenvalue weighted by atomic mass is 10.1. The average Bonchev–Trinajstić information content (AvgIpc) is 2.60. The summed E-state index contributed by atoms with van der Waals surface area (Å²) >= 11 is 0. The van der Waals surface area contributed by atoms with Crippen molar-refractivity contribution in [3.63, 3.8) is 0 Å². The molecular weight excluding hydrogens is 292 g/mol. The van der Waals surface area contributed by atoms with Crippen molar-refractivity contribution < 1.29 is 0 Å². The van der Waals surface area contributed by atoms with Gasteiger partial charge in [0.15, 0.2) is 0 Å². The van der Waals surface area contributed by atoms with Gasteiger partial charge in [0.1, 0.15) is 0 Å². The van der Waals surface area contributed by atoms with Crippen LogP contribution >= 0.6 is 0 Å². The van der Waals surface area contributed by atoms with E-state index < -0.39 is 0 Å². The van der Waals surface area contributed by atoms with Gasteiger partial charge in [0.05, 0.1) is 0 Å². The summed E-state index contributed by atoms with van der Waals surface area (Å²) in [6.07, 6.45) is 25.3. The van der Waals surface area contributed by atoms with Crippen LogP contribution in [0.1, 0.15) is 122 Å². The molecule has 0 aliphatic heterocycles. The molecule has 146 valence electrons. The van der Waals surface area contributed by atoms with Crippen LogP contribution in [0.3, 0.4) is 0 Å². The molecule has 0 aromatic heterocycles. The summed E-state index contributed by atoms with van der Waals surface area (Å²) < 4.78 is 0. The fraction of sp³-hybridized carbons (Fsp3) is 1.00. The van der Waals surface area contributed by atoms with Gasteiger partial charge in [0, 0.05) is 0 Å². The van der Waals surface area contributed by atoms with E-state index in [2.05, 4.69) is 12.2 Å². The third-order valence-electron chi connectivity index (χ3n) is 5.01. The number of nitrogens with one attached hydrogen (secondary N) is 1. The monoisotopic (exact) mass is 340 g/mol. The first-order valence-electron chi connectivity index (χ1n) is 11.3. The lowest BCUT2D eigenvalue weighted by molar-refractivity contribution is 0.527. The number of nitrogens with two attached hydrogens (primary N) is 1. The van der Waals surface area contributed by atoms with Crippen LogP contribution in [-0.2, 0) is 0 Å². The molecule has 24 heavy (non-hydrogen) atoms. The van der Waals surface area contributed by atoms with Gasteiger partial charge in [-0.25, -0.2) is 0 Å². The maximum atomic E-state index is 5.50. The Morgan fingerprint density at radius 1 is 0.458 bits per heavy atom. The van der Waals surface area contributed by atoms with Crippen LogP contribution in [0.15, 0.2) is 0 Å². The van der Waals surface area contributed by atoms with Crippen LogP contribution < -0.4 is 11.1 Å². The molecule has 0 aliphatic carbocycles. The first-order chi connectivity index (χ1) is 11.9. The molecule has 3 N–H and O–H groups in total. The predicted octanol–water partition coefficient (Wildman–Crippen LogP) is 6.58. The van der Waals surface area contributed by atoms with Crippen LogP contribution in [0.25, 0.3) is 0 Å². The first-order valence-corrected chi connectivity index (χ1v) is 11.3. The van der Waals surface area contributed by atoms with Gasteiger partial charge in [-0.1, -0.05) is 103 Å². The topological polar surface area (TPSA) is 38.0 Å². The third-order valence-corrected chi connectivity index (χ3v) is 5.01. The highest BCUT2D eigenvalue weighted by atomic mass is 14.8. The molecule has 0 amide bonds. The summed E-state index contributed by atoms with van der Waals surface area (Å²) in [6, 6.07) is 0. The van der Waals surface area contributed by atoms with Crippen LogP contribution in [0.5, 0.6) is 0 Å². The Morgan fingerprint density at radius 3 is 1.17 bits per heavy atom. The summed E-state index contributed by atoms with van der Waals surface area (Å²) in [7, 11) is 0. The summed E-state index contributed by atoms with van der Waals surface area (Å²) in [6.45, 7) is 5.62. The molecule has 2 heteroatoms. The maximum absolute atomic E-state index is 5.50. The van der Waals surface area contributed by atoms with E-state index in [-0.39, 0.29) is 0 Å². The van der Waals surface area contributed by atoms with E-state index in [1.54, 1.807) is 0 Å². The van der Waals surface area contributed by atoms with Gasteiger partial charge in [-0.05, 0) is 38.9 Å². The zero-order valence-corrected chi connectivity index (χ0v) is 16.9. The Morgan fingerprint density at radius 2 is 0.792 bits per heavy atom. The summed E-state index contributed by atoms with van der Waals surface area (Å²) in [5.74, 6) is 0. The predicted molar refractivity (Wildman–Crippen MR) is 111 cm³/mol. The van der Waals surface area contributed by atoms with Crippen LogP contribution in [-0.4, -0.2) is 19.6 Å². The van der Waals surface area contributed by atoms with Gasteiger partial charge >= 0.3 is 0 Å². The van der Waals surface area contributed by atoms with E-state index in [1.165, 1.54) is 129 Å². The lowest BCUT2D eigenvalue weighted by Gasteiger charge is -2.05. The molecule has 0 spiro atoms. The fourth-order valence-corrected chi connectivity index (χ4v) is 3.32. The molecule has 0 saturated heterocycles. The van der Waals surface area contributed by atoms with E-state index in [0.29, 0.717) is 0 Å². The van der Waals surface area contributed by atoms with E-state index in [1.807, 2.05) is 0 Å². The summed E-state index contributed by atoms with van der Waals surface area (Å²) in [4.78, 5) is 0. The largest absolute Gasteiger partial charge is 0.330 e. The fourth-order valence-electron chi connectivity index (χ4n) is 3.32. The summed E-state index contributed by atoms with van der Waals surface area (Å²) in [5, 5.41) is 3.62. The molecule has 0 atom stereocenters. The van der Waals surface area contributed by atoms with E-state index in [0.717, 1.165) is 6.54 Å². The molecular formula is C22H48N2. The minimum absolute atomic E-state index is 0.866. The minimum atomic E-state index is 0.866. The Balaban J connectivity index is 2.93. The molecule has 0 bridgehead atoms. The maximum Gasteiger partial charge on any atom is -0.00489 e. The third kappa shape index (κ3) is 21.9. The van der Waals surface area contributed by atoms with Gasteiger partial charge in [-0.15, -0.1) is 0 Å². The zero-order valence-electron chi connectivity index (χ0n) is 16.9.